The highest BCUT2D eigenvalue weighted by atomic mass is 15.3. The second kappa shape index (κ2) is 6.53. The molecule has 122 valence electrons. The largest absolute Gasteiger partial charge is 0.291 e. The van der Waals surface area contributed by atoms with Crippen LogP contribution in [0, 0.1) is 0 Å². The zero-order valence-electron chi connectivity index (χ0n) is 13.9. The van der Waals surface area contributed by atoms with E-state index in [0.29, 0.717) is 0 Å². The monoisotopic (exact) mass is 319 g/mol. The van der Waals surface area contributed by atoms with Gasteiger partial charge in [0.25, 0.3) is 0 Å². The van der Waals surface area contributed by atoms with Crippen molar-refractivity contribution in [1.29, 1.82) is 0 Å². The predicted molar refractivity (Wildman–Crippen MR) is 92.8 cm³/mol. The van der Waals surface area contributed by atoms with Gasteiger partial charge >= 0.3 is 0 Å². The van der Waals surface area contributed by atoms with Crippen LogP contribution in [0.5, 0.6) is 0 Å². The molecule has 0 aliphatic carbocycles. The highest BCUT2D eigenvalue weighted by Gasteiger charge is 2.19. The van der Waals surface area contributed by atoms with E-state index in [4.69, 9.17) is 10.1 Å². The maximum atomic E-state index is 4.71. The molecule has 0 unspecified atom stereocenters. The molecule has 1 aromatic carbocycles. The predicted octanol–water partition coefficient (Wildman–Crippen LogP) is 2.78. The van der Waals surface area contributed by atoms with Gasteiger partial charge in [-0.3, -0.25) is 4.90 Å². The third-order valence-corrected chi connectivity index (χ3v) is 4.44. The van der Waals surface area contributed by atoms with Crippen molar-refractivity contribution in [3.63, 3.8) is 0 Å². The fourth-order valence-corrected chi connectivity index (χ4v) is 3.10. The van der Waals surface area contributed by atoms with E-state index in [0.717, 1.165) is 49.7 Å². The molecule has 2 aromatic heterocycles. The van der Waals surface area contributed by atoms with E-state index < -0.39 is 0 Å². The minimum absolute atomic E-state index is 0.852. The summed E-state index contributed by atoms with van der Waals surface area (Å²) in [5.41, 5.74) is 4.65. The number of hydrogen-bond acceptors (Lipinski definition) is 4. The first-order valence-corrected chi connectivity index (χ1v) is 8.48. The molecule has 1 aliphatic heterocycles. The molecule has 3 heterocycles. The Bertz CT molecular complexity index is 825. The number of hydrogen-bond donors (Lipinski definition) is 0. The summed E-state index contributed by atoms with van der Waals surface area (Å²) in [7, 11) is 0. The van der Waals surface area contributed by atoms with Crippen LogP contribution in [-0.4, -0.2) is 31.2 Å². The van der Waals surface area contributed by atoms with Crippen LogP contribution < -0.4 is 0 Å². The smallest absolute Gasteiger partial charge is 0.128 e. The van der Waals surface area contributed by atoms with Crippen LogP contribution in [0.3, 0.4) is 0 Å². The Morgan fingerprint density at radius 1 is 1.12 bits per heavy atom. The van der Waals surface area contributed by atoms with E-state index >= 15 is 0 Å². The summed E-state index contributed by atoms with van der Waals surface area (Å²) < 4.78 is 1.94. The number of nitrogens with zero attached hydrogens (tertiary/aromatic N) is 5. The number of aryl methyl sites for hydroxylation is 1. The highest BCUT2D eigenvalue weighted by Crippen LogP contribution is 2.18. The Morgan fingerprint density at radius 2 is 2.00 bits per heavy atom. The summed E-state index contributed by atoms with van der Waals surface area (Å²) in [6, 6.07) is 12.3. The van der Waals surface area contributed by atoms with E-state index in [1.807, 2.05) is 35.3 Å². The van der Waals surface area contributed by atoms with Crippen molar-refractivity contribution >= 4 is 0 Å². The summed E-state index contributed by atoms with van der Waals surface area (Å²) in [5.74, 6) is 0.934. The number of benzene rings is 1. The van der Waals surface area contributed by atoms with Crippen LogP contribution in [0.25, 0.3) is 5.69 Å². The maximum Gasteiger partial charge on any atom is 0.128 e. The molecule has 0 fully saturated rings. The van der Waals surface area contributed by atoms with E-state index in [9.17, 15) is 0 Å². The fraction of sp³-hybridized carbons (Fsp3) is 0.316. The lowest BCUT2D eigenvalue weighted by Crippen LogP contribution is -2.31. The highest BCUT2D eigenvalue weighted by molar-refractivity contribution is 5.30. The fourth-order valence-electron chi connectivity index (χ4n) is 3.10. The van der Waals surface area contributed by atoms with Crippen molar-refractivity contribution < 1.29 is 0 Å². The van der Waals surface area contributed by atoms with Crippen molar-refractivity contribution in [2.75, 3.05) is 6.54 Å². The van der Waals surface area contributed by atoms with Crippen LogP contribution in [0.15, 0.2) is 48.8 Å². The molecular formula is C19H21N5. The summed E-state index contributed by atoms with van der Waals surface area (Å²) in [6.07, 6.45) is 5.93. The molecular weight excluding hydrogens is 298 g/mol. The van der Waals surface area contributed by atoms with Gasteiger partial charge in [0.15, 0.2) is 0 Å². The Hall–Kier alpha value is -2.53. The lowest BCUT2D eigenvalue weighted by atomic mass is 10.1. The van der Waals surface area contributed by atoms with Crippen LogP contribution in [0.4, 0.5) is 0 Å². The Kier molecular flexibility index (Phi) is 4.09. The second-order valence-electron chi connectivity index (χ2n) is 6.16. The summed E-state index contributed by atoms with van der Waals surface area (Å²) in [5, 5.41) is 4.71. The molecule has 0 saturated carbocycles. The lowest BCUT2D eigenvalue weighted by Gasteiger charge is -2.27. The maximum absolute atomic E-state index is 4.71. The van der Waals surface area contributed by atoms with E-state index in [2.05, 4.69) is 35.0 Å². The van der Waals surface area contributed by atoms with Crippen LogP contribution >= 0.6 is 0 Å². The molecule has 0 radical (unpaired) electrons. The van der Waals surface area contributed by atoms with Crippen molar-refractivity contribution in [1.82, 2.24) is 24.6 Å². The van der Waals surface area contributed by atoms with E-state index in [-0.39, 0.29) is 0 Å². The van der Waals surface area contributed by atoms with Gasteiger partial charge in [-0.1, -0.05) is 25.1 Å². The van der Waals surface area contributed by atoms with Gasteiger partial charge in [0, 0.05) is 38.4 Å². The van der Waals surface area contributed by atoms with Gasteiger partial charge < -0.3 is 0 Å². The molecule has 5 nitrogen and oxygen atoms in total. The molecule has 0 N–H and O–H groups in total. The minimum atomic E-state index is 0.852. The molecule has 0 atom stereocenters. The number of rotatable bonds is 4. The summed E-state index contributed by atoms with van der Waals surface area (Å²) in [6.45, 7) is 4.85. The normalized spacial score (nSPS) is 14.5. The summed E-state index contributed by atoms with van der Waals surface area (Å²) >= 11 is 0. The standard InChI is InChI=1S/C19H21N5/c1-2-19-20-12-15-8-10-23(14-18(15)21-19)13-16-9-11-24(22-16)17-6-4-3-5-7-17/h3-7,9,11-12H,2,8,10,13-14H2,1H3. The topological polar surface area (TPSA) is 46.8 Å². The third kappa shape index (κ3) is 3.08. The lowest BCUT2D eigenvalue weighted by molar-refractivity contribution is 0.237. The molecule has 0 bridgehead atoms. The van der Waals surface area contributed by atoms with Crippen molar-refractivity contribution in [3.05, 3.63) is 71.6 Å². The molecule has 0 amide bonds. The molecule has 24 heavy (non-hydrogen) atoms. The zero-order valence-corrected chi connectivity index (χ0v) is 13.9. The number of aromatic nitrogens is 4. The van der Waals surface area contributed by atoms with Gasteiger partial charge in [0.2, 0.25) is 0 Å². The number of fused-ring (bicyclic) bond motifs is 1. The molecule has 0 saturated heterocycles. The van der Waals surface area contributed by atoms with Gasteiger partial charge in [0.05, 0.1) is 17.1 Å². The van der Waals surface area contributed by atoms with Gasteiger partial charge in [-0.15, -0.1) is 0 Å². The van der Waals surface area contributed by atoms with Crippen LogP contribution in [0.2, 0.25) is 0 Å². The molecule has 1 aliphatic rings. The molecule has 5 heteroatoms. The minimum Gasteiger partial charge on any atom is -0.291 e. The van der Waals surface area contributed by atoms with E-state index in [1.54, 1.807) is 0 Å². The first kappa shape index (κ1) is 15.0. The van der Waals surface area contributed by atoms with Gasteiger partial charge in [0.1, 0.15) is 5.82 Å². The van der Waals surface area contributed by atoms with Gasteiger partial charge in [-0.05, 0) is 30.2 Å². The molecule has 4 rings (SSSR count). The Balaban J connectivity index is 1.47. The van der Waals surface area contributed by atoms with Gasteiger partial charge in [-0.25, -0.2) is 14.6 Å². The molecule has 3 aromatic rings. The van der Waals surface area contributed by atoms with Gasteiger partial charge in [-0.2, -0.15) is 5.10 Å². The first-order chi connectivity index (χ1) is 11.8. The Labute approximate surface area is 142 Å². The molecule has 0 spiro atoms. The van der Waals surface area contributed by atoms with Crippen LogP contribution in [0.1, 0.15) is 29.7 Å². The summed E-state index contributed by atoms with van der Waals surface area (Å²) in [4.78, 5) is 11.5. The first-order valence-electron chi connectivity index (χ1n) is 8.48. The SMILES string of the molecule is CCc1ncc2c(n1)CN(Cc1ccn(-c3ccccc3)n1)CC2. The van der Waals surface area contributed by atoms with Crippen LogP contribution in [-0.2, 0) is 25.9 Å². The second-order valence-corrected chi connectivity index (χ2v) is 6.16. The quantitative estimate of drug-likeness (QED) is 0.742. The zero-order chi connectivity index (χ0) is 16.4. The average molecular weight is 319 g/mol. The average Bonchev–Trinajstić information content (AvgIpc) is 3.10. The van der Waals surface area contributed by atoms with Crippen molar-refractivity contribution in [3.8, 4) is 5.69 Å². The van der Waals surface area contributed by atoms with E-state index in [1.165, 1.54) is 11.3 Å². The van der Waals surface area contributed by atoms with Crippen molar-refractivity contribution in [2.45, 2.75) is 32.9 Å². The third-order valence-electron chi connectivity index (χ3n) is 4.44. The number of para-hydroxylation sites is 1. The Morgan fingerprint density at radius 3 is 2.83 bits per heavy atom. The van der Waals surface area contributed by atoms with Crippen molar-refractivity contribution in [2.24, 2.45) is 0 Å².